The van der Waals surface area contributed by atoms with Crippen LogP contribution in [0.15, 0.2) is 0 Å². The highest BCUT2D eigenvalue weighted by Gasteiger charge is 2.04. The third-order valence-corrected chi connectivity index (χ3v) is 3.78. The molecule has 0 aromatic heterocycles. The maximum atomic E-state index is 8.52. The Labute approximate surface area is 142 Å². The van der Waals surface area contributed by atoms with E-state index < -0.39 is 0 Å². The molecule has 0 aliphatic heterocycles. The van der Waals surface area contributed by atoms with Gasteiger partial charge in [-0.1, -0.05) is 46.0 Å². The van der Waals surface area contributed by atoms with Crippen molar-refractivity contribution < 1.29 is 24.1 Å². The van der Waals surface area contributed by atoms with Gasteiger partial charge >= 0.3 is 0 Å². The zero-order valence-corrected chi connectivity index (χ0v) is 15.3. The lowest BCUT2D eigenvalue weighted by Crippen LogP contribution is -2.12. The average molecular weight is 334 g/mol. The Balaban J connectivity index is 3.07. The fourth-order valence-electron chi connectivity index (χ4n) is 2.42. The molecule has 0 heterocycles. The molecule has 0 aliphatic rings. The van der Waals surface area contributed by atoms with Crippen LogP contribution in [0.5, 0.6) is 0 Å². The average Bonchev–Trinajstić information content (AvgIpc) is 2.57. The van der Waals surface area contributed by atoms with Crippen LogP contribution < -0.4 is 0 Å². The lowest BCUT2D eigenvalue weighted by molar-refractivity contribution is -0.00582. The SMILES string of the molecule is CCCC(CC)CCCCOCCOCCOCCOCCO. The molecule has 1 unspecified atom stereocenters. The predicted octanol–water partition coefficient (Wildman–Crippen LogP) is 3.04. The fourth-order valence-corrected chi connectivity index (χ4v) is 2.42. The Hall–Kier alpha value is -0.200. The molecule has 5 nitrogen and oxygen atoms in total. The van der Waals surface area contributed by atoms with E-state index in [-0.39, 0.29) is 6.61 Å². The molecule has 1 atom stereocenters. The molecule has 0 spiro atoms. The number of hydrogen-bond donors (Lipinski definition) is 1. The van der Waals surface area contributed by atoms with Crippen molar-refractivity contribution in [2.24, 2.45) is 5.92 Å². The van der Waals surface area contributed by atoms with Crippen LogP contribution in [0.3, 0.4) is 0 Å². The maximum Gasteiger partial charge on any atom is 0.0701 e. The Morgan fingerprint density at radius 3 is 1.65 bits per heavy atom. The van der Waals surface area contributed by atoms with E-state index >= 15 is 0 Å². The minimum atomic E-state index is 0.0566. The third-order valence-electron chi connectivity index (χ3n) is 3.78. The van der Waals surface area contributed by atoms with Crippen molar-refractivity contribution in [2.45, 2.75) is 52.4 Å². The van der Waals surface area contributed by atoms with Crippen molar-refractivity contribution in [1.82, 2.24) is 0 Å². The first-order valence-electron chi connectivity index (χ1n) is 9.26. The summed E-state index contributed by atoms with van der Waals surface area (Å²) in [4.78, 5) is 0. The largest absolute Gasteiger partial charge is 0.394 e. The first kappa shape index (κ1) is 22.8. The standard InChI is InChI=1S/C18H38O5/c1-3-7-18(4-2)8-5-6-10-20-12-14-22-16-17-23-15-13-21-11-9-19/h18-19H,3-17H2,1-2H3. The fraction of sp³-hybridized carbons (Fsp3) is 1.00. The Morgan fingerprint density at radius 1 is 0.652 bits per heavy atom. The van der Waals surface area contributed by atoms with E-state index in [2.05, 4.69) is 13.8 Å². The summed E-state index contributed by atoms with van der Waals surface area (Å²) in [5.41, 5.74) is 0. The van der Waals surface area contributed by atoms with Gasteiger partial charge in [-0.3, -0.25) is 0 Å². The molecule has 5 heteroatoms. The molecule has 23 heavy (non-hydrogen) atoms. The maximum absolute atomic E-state index is 8.52. The summed E-state index contributed by atoms with van der Waals surface area (Å²) in [7, 11) is 0. The van der Waals surface area contributed by atoms with Crippen LogP contribution in [0.2, 0.25) is 0 Å². The first-order chi connectivity index (χ1) is 11.3. The molecule has 0 aromatic rings. The van der Waals surface area contributed by atoms with E-state index in [0.29, 0.717) is 46.2 Å². The number of aliphatic hydroxyl groups is 1. The van der Waals surface area contributed by atoms with Crippen LogP contribution in [0.25, 0.3) is 0 Å². The van der Waals surface area contributed by atoms with Crippen LogP contribution in [-0.2, 0) is 18.9 Å². The molecule has 140 valence electrons. The lowest BCUT2D eigenvalue weighted by atomic mass is 9.95. The summed E-state index contributed by atoms with van der Waals surface area (Å²) >= 11 is 0. The van der Waals surface area contributed by atoms with Gasteiger partial charge in [-0.2, -0.15) is 0 Å². The number of ether oxygens (including phenoxy) is 4. The molecule has 0 radical (unpaired) electrons. The number of aliphatic hydroxyl groups excluding tert-OH is 1. The summed E-state index contributed by atoms with van der Waals surface area (Å²) in [5, 5.41) is 8.52. The summed E-state index contributed by atoms with van der Waals surface area (Å²) < 4.78 is 21.4. The molecule has 0 amide bonds. The minimum absolute atomic E-state index is 0.0566. The van der Waals surface area contributed by atoms with Crippen LogP contribution in [0.4, 0.5) is 0 Å². The van der Waals surface area contributed by atoms with Crippen molar-refractivity contribution in [3.63, 3.8) is 0 Å². The van der Waals surface area contributed by atoms with Gasteiger partial charge < -0.3 is 24.1 Å². The smallest absolute Gasteiger partial charge is 0.0701 e. The van der Waals surface area contributed by atoms with E-state index in [4.69, 9.17) is 24.1 Å². The molecular formula is C18H38O5. The number of hydrogen-bond acceptors (Lipinski definition) is 5. The van der Waals surface area contributed by atoms with Crippen molar-refractivity contribution in [3.05, 3.63) is 0 Å². The second-order valence-electron chi connectivity index (χ2n) is 5.73. The normalized spacial score (nSPS) is 12.7. The molecule has 0 bridgehead atoms. The third kappa shape index (κ3) is 18.0. The van der Waals surface area contributed by atoms with Gasteiger partial charge in [0.25, 0.3) is 0 Å². The van der Waals surface area contributed by atoms with Gasteiger partial charge in [0.15, 0.2) is 0 Å². The van der Waals surface area contributed by atoms with Gasteiger partial charge in [-0.25, -0.2) is 0 Å². The van der Waals surface area contributed by atoms with Crippen LogP contribution >= 0.6 is 0 Å². The Bertz CT molecular complexity index is 214. The van der Waals surface area contributed by atoms with Crippen LogP contribution in [0, 0.1) is 5.92 Å². The van der Waals surface area contributed by atoms with Crippen molar-refractivity contribution in [1.29, 1.82) is 0 Å². The second kappa shape index (κ2) is 19.8. The summed E-state index contributed by atoms with van der Waals surface area (Å²) in [6, 6.07) is 0. The molecule has 0 rings (SSSR count). The summed E-state index contributed by atoms with van der Waals surface area (Å²) in [6.45, 7) is 9.31. The van der Waals surface area contributed by atoms with Gasteiger partial charge in [0.05, 0.1) is 52.9 Å². The Morgan fingerprint density at radius 2 is 1.17 bits per heavy atom. The number of unbranched alkanes of at least 4 members (excludes halogenated alkanes) is 1. The highest BCUT2D eigenvalue weighted by Crippen LogP contribution is 2.17. The second-order valence-corrected chi connectivity index (χ2v) is 5.73. The van der Waals surface area contributed by atoms with Crippen molar-refractivity contribution in [2.75, 3.05) is 59.5 Å². The lowest BCUT2D eigenvalue weighted by Gasteiger charge is -2.13. The first-order valence-corrected chi connectivity index (χ1v) is 9.26. The molecular weight excluding hydrogens is 296 g/mol. The van der Waals surface area contributed by atoms with Crippen LogP contribution in [0.1, 0.15) is 52.4 Å². The van der Waals surface area contributed by atoms with Gasteiger partial charge in [0.2, 0.25) is 0 Å². The molecule has 0 aliphatic carbocycles. The van der Waals surface area contributed by atoms with Gasteiger partial charge in [-0.05, 0) is 12.3 Å². The van der Waals surface area contributed by atoms with E-state index in [1.54, 1.807) is 0 Å². The Kier molecular flexibility index (Phi) is 19.7. The minimum Gasteiger partial charge on any atom is -0.394 e. The number of rotatable bonds is 19. The molecule has 0 saturated heterocycles. The molecule has 1 N–H and O–H groups in total. The van der Waals surface area contributed by atoms with Crippen LogP contribution in [-0.4, -0.2) is 64.6 Å². The quantitative estimate of drug-likeness (QED) is 0.368. The zero-order valence-electron chi connectivity index (χ0n) is 15.3. The zero-order chi connectivity index (χ0) is 17.0. The van der Waals surface area contributed by atoms with E-state index in [0.717, 1.165) is 18.9 Å². The topological polar surface area (TPSA) is 57.2 Å². The predicted molar refractivity (Wildman–Crippen MR) is 92.9 cm³/mol. The van der Waals surface area contributed by atoms with Gasteiger partial charge in [-0.15, -0.1) is 0 Å². The monoisotopic (exact) mass is 334 g/mol. The highest BCUT2D eigenvalue weighted by atomic mass is 16.6. The van der Waals surface area contributed by atoms with E-state index in [1.807, 2.05) is 0 Å². The molecule has 0 fully saturated rings. The molecule has 0 saturated carbocycles. The summed E-state index contributed by atoms with van der Waals surface area (Å²) in [6.07, 6.45) is 7.72. The molecule has 0 aromatic carbocycles. The van der Waals surface area contributed by atoms with Gasteiger partial charge in [0.1, 0.15) is 0 Å². The van der Waals surface area contributed by atoms with Crippen molar-refractivity contribution >= 4 is 0 Å². The van der Waals surface area contributed by atoms with Crippen molar-refractivity contribution in [3.8, 4) is 0 Å². The van der Waals surface area contributed by atoms with E-state index in [9.17, 15) is 0 Å². The van der Waals surface area contributed by atoms with E-state index in [1.165, 1.54) is 32.1 Å². The highest BCUT2D eigenvalue weighted by molar-refractivity contribution is 4.56. The van der Waals surface area contributed by atoms with Gasteiger partial charge in [0, 0.05) is 6.61 Å². The summed E-state index contributed by atoms with van der Waals surface area (Å²) in [5.74, 6) is 0.900.